The summed E-state index contributed by atoms with van der Waals surface area (Å²) in [6, 6.07) is 0. The topological polar surface area (TPSA) is 40.5 Å². The molecular weight excluding hydrogens is 128 g/mol. The third-order valence-corrected chi connectivity index (χ3v) is 1.62. The first-order valence-corrected chi connectivity index (χ1v) is 3.69. The smallest absolute Gasteiger partial charge is 0.154 e. The van der Waals surface area contributed by atoms with Crippen LogP contribution in [-0.4, -0.2) is 16.5 Å². The van der Waals surface area contributed by atoms with Gasteiger partial charge in [-0.1, -0.05) is 19.1 Å². The second kappa shape index (κ2) is 5.45. The van der Waals surface area contributed by atoms with Gasteiger partial charge in [0.25, 0.3) is 0 Å². The Balaban J connectivity index is 3.60. The number of aliphatic hydroxyl groups excluding tert-OH is 1. The average Bonchev–Trinajstić information content (AvgIpc) is 1.89. The zero-order valence-electron chi connectivity index (χ0n) is 6.62. The Bertz CT molecular complexity index is 97.4. The minimum Gasteiger partial charge on any atom is -0.368 e. The molecule has 0 radical (unpaired) electrons. The SMILES string of the molecule is CC=CCC(CC)C(O)O. The molecule has 0 spiro atoms. The minimum absolute atomic E-state index is 0.00352. The van der Waals surface area contributed by atoms with Gasteiger partial charge in [-0.2, -0.15) is 0 Å². The molecule has 0 aromatic carbocycles. The van der Waals surface area contributed by atoms with Crippen molar-refractivity contribution < 1.29 is 10.2 Å². The molecule has 2 nitrogen and oxygen atoms in total. The van der Waals surface area contributed by atoms with Gasteiger partial charge in [0.2, 0.25) is 0 Å². The Labute approximate surface area is 62.2 Å². The summed E-state index contributed by atoms with van der Waals surface area (Å²) in [7, 11) is 0. The van der Waals surface area contributed by atoms with Crippen LogP contribution in [0, 0.1) is 5.92 Å². The molecule has 0 bridgehead atoms. The van der Waals surface area contributed by atoms with E-state index in [-0.39, 0.29) is 5.92 Å². The highest BCUT2D eigenvalue weighted by Gasteiger charge is 2.11. The van der Waals surface area contributed by atoms with Crippen LogP contribution in [0.25, 0.3) is 0 Å². The molecule has 0 aliphatic carbocycles. The third-order valence-electron chi connectivity index (χ3n) is 1.62. The molecule has 1 unspecified atom stereocenters. The number of aliphatic hydroxyl groups is 2. The summed E-state index contributed by atoms with van der Waals surface area (Å²) < 4.78 is 0. The molecule has 0 aromatic heterocycles. The quantitative estimate of drug-likeness (QED) is 0.461. The fraction of sp³-hybridized carbons (Fsp3) is 0.750. The second-order valence-electron chi connectivity index (χ2n) is 2.39. The highest BCUT2D eigenvalue weighted by Crippen LogP contribution is 2.11. The summed E-state index contributed by atoms with van der Waals surface area (Å²) >= 11 is 0. The first-order chi connectivity index (χ1) is 4.72. The lowest BCUT2D eigenvalue weighted by atomic mass is 10.0. The Morgan fingerprint density at radius 2 is 2.00 bits per heavy atom. The molecule has 0 rings (SSSR count). The molecule has 0 fully saturated rings. The maximum atomic E-state index is 8.76. The van der Waals surface area contributed by atoms with Crippen molar-refractivity contribution in [1.82, 2.24) is 0 Å². The summed E-state index contributed by atoms with van der Waals surface area (Å²) in [6.07, 6.45) is 4.27. The monoisotopic (exact) mass is 144 g/mol. The Hall–Kier alpha value is -0.340. The minimum atomic E-state index is -1.17. The van der Waals surface area contributed by atoms with Gasteiger partial charge >= 0.3 is 0 Å². The van der Waals surface area contributed by atoms with Crippen molar-refractivity contribution in [2.45, 2.75) is 33.0 Å². The molecule has 0 aliphatic rings. The van der Waals surface area contributed by atoms with Crippen LogP contribution in [0.5, 0.6) is 0 Å². The van der Waals surface area contributed by atoms with E-state index < -0.39 is 6.29 Å². The molecular formula is C8H16O2. The fourth-order valence-electron chi connectivity index (χ4n) is 0.810. The Morgan fingerprint density at radius 1 is 1.40 bits per heavy atom. The first kappa shape index (κ1) is 9.66. The lowest BCUT2D eigenvalue weighted by Gasteiger charge is -2.13. The van der Waals surface area contributed by atoms with Crippen molar-refractivity contribution in [3.63, 3.8) is 0 Å². The largest absolute Gasteiger partial charge is 0.368 e. The van der Waals surface area contributed by atoms with Crippen molar-refractivity contribution in [2.75, 3.05) is 0 Å². The zero-order valence-corrected chi connectivity index (χ0v) is 6.62. The number of allylic oxidation sites excluding steroid dienone is 2. The van der Waals surface area contributed by atoms with E-state index in [0.29, 0.717) is 0 Å². The summed E-state index contributed by atoms with van der Waals surface area (Å²) in [4.78, 5) is 0. The molecule has 60 valence electrons. The van der Waals surface area contributed by atoms with Gasteiger partial charge in [0.05, 0.1) is 0 Å². The zero-order chi connectivity index (χ0) is 7.98. The molecule has 0 aliphatic heterocycles. The van der Waals surface area contributed by atoms with E-state index in [1.807, 2.05) is 26.0 Å². The van der Waals surface area contributed by atoms with Crippen LogP contribution in [0.4, 0.5) is 0 Å². The molecule has 0 aromatic rings. The van der Waals surface area contributed by atoms with E-state index in [0.717, 1.165) is 12.8 Å². The molecule has 0 heterocycles. The summed E-state index contributed by atoms with van der Waals surface area (Å²) in [5.41, 5.74) is 0. The van der Waals surface area contributed by atoms with Crippen molar-refractivity contribution in [2.24, 2.45) is 5.92 Å². The van der Waals surface area contributed by atoms with Gasteiger partial charge in [-0.15, -0.1) is 0 Å². The van der Waals surface area contributed by atoms with E-state index in [2.05, 4.69) is 0 Å². The van der Waals surface area contributed by atoms with Crippen LogP contribution < -0.4 is 0 Å². The Kier molecular flexibility index (Phi) is 5.26. The van der Waals surface area contributed by atoms with Crippen molar-refractivity contribution in [3.8, 4) is 0 Å². The van der Waals surface area contributed by atoms with E-state index in [9.17, 15) is 0 Å². The molecule has 2 N–H and O–H groups in total. The maximum absolute atomic E-state index is 8.76. The average molecular weight is 144 g/mol. The summed E-state index contributed by atoms with van der Waals surface area (Å²) in [5, 5.41) is 17.5. The molecule has 10 heavy (non-hydrogen) atoms. The standard InChI is InChI=1S/C8H16O2/c1-3-5-6-7(4-2)8(9)10/h3,5,7-10H,4,6H2,1-2H3. The van der Waals surface area contributed by atoms with Crippen LogP contribution in [0.2, 0.25) is 0 Å². The third kappa shape index (κ3) is 3.64. The molecule has 0 saturated carbocycles. The highest BCUT2D eigenvalue weighted by atomic mass is 16.5. The van der Waals surface area contributed by atoms with Gasteiger partial charge in [0, 0.05) is 5.92 Å². The van der Waals surface area contributed by atoms with Gasteiger partial charge in [-0.25, -0.2) is 0 Å². The summed E-state index contributed by atoms with van der Waals surface area (Å²) in [5.74, 6) is -0.00352. The van der Waals surface area contributed by atoms with Gasteiger partial charge in [-0.05, 0) is 19.8 Å². The van der Waals surface area contributed by atoms with Crippen LogP contribution >= 0.6 is 0 Å². The maximum Gasteiger partial charge on any atom is 0.154 e. The normalized spacial score (nSPS) is 14.9. The van der Waals surface area contributed by atoms with E-state index in [1.165, 1.54) is 0 Å². The molecule has 0 amide bonds. The lowest BCUT2D eigenvalue weighted by molar-refractivity contribution is -0.0835. The van der Waals surface area contributed by atoms with E-state index in [1.54, 1.807) is 0 Å². The van der Waals surface area contributed by atoms with Crippen molar-refractivity contribution >= 4 is 0 Å². The molecule has 2 heteroatoms. The molecule has 1 atom stereocenters. The highest BCUT2D eigenvalue weighted by molar-refractivity contribution is 4.80. The first-order valence-electron chi connectivity index (χ1n) is 3.69. The van der Waals surface area contributed by atoms with E-state index >= 15 is 0 Å². The van der Waals surface area contributed by atoms with Gasteiger partial charge in [0.15, 0.2) is 6.29 Å². The van der Waals surface area contributed by atoms with Crippen molar-refractivity contribution in [1.29, 1.82) is 0 Å². The van der Waals surface area contributed by atoms with Crippen molar-refractivity contribution in [3.05, 3.63) is 12.2 Å². The number of hydrogen-bond acceptors (Lipinski definition) is 2. The van der Waals surface area contributed by atoms with Gasteiger partial charge in [0.1, 0.15) is 0 Å². The number of hydrogen-bond donors (Lipinski definition) is 2. The van der Waals surface area contributed by atoms with Gasteiger partial charge < -0.3 is 10.2 Å². The predicted octanol–water partition coefficient (Wildman–Crippen LogP) is 1.29. The summed E-state index contributed by atoms with van der Waals surface area (Å²) in [6.45, 7) is 3.88. The van der Waals surface area contributed by atoms with Crippen LogP contribution in [0.1, 0.15) is 26.7 Å². The van der Waals surface area contributed by atoms with Gasteiger partial charge in [-0.3, -0.25) is 0 Å². The fourth-order valence-corrected chi connectivity index (χ4v) is 0.810. The predicted molar refractivity (Wildman–Crippen MR) is 41.4 cm³/mol. The van der Waals surface area contributed by atoms with Crippen LogP contribution in [-0.2, 0) is 0 Å². The van der Waals surface area contributed by atoms with Crippen LogP contribution in [0.3, 0.4) is 0 Å². The lowest BCUT2D eigenvalue weighted by Crippen LogP contribution is -2.17. The van der Waals surface area contributed by atoms with E-state index in [4.69, 9.17) is 10.2 Å². The molecule has 0 saturated heterocycles. The second-order valence-corrected chi connectivity index (χ2v) is 2.39. The number of rotatable bonds is 4. The van der Waals surface area contributed by atoms with Crippen LogP contribution in [0.15, 0.2) is 12.2 Å². The Morgan fingerprint density at radius 3 is 2.30 bits per heavy atom.